The summed E-state index contributed by atoms with van der Waals surface area (Å²) in [4.78, 5) is 22.3. The highest BCUT2D eigenvalue weighted by atomic mass is 79.9. The van der Waals surface area contributed by atoms with E-state index in [-0.39, 0.29) is 0 Å². The van der Waals surface area contributed by atoms with Crippen LogP contribution in [0.15, 0.2) is 27.1 Å². The van der Waals surface area contributed by atoms with Gasteiger partial charge in [0.2, 0.25) is 0 Å². The average Bonchev–Trinajstić information content (AvgIpc) is 2.23. The van der Waals surface area contributed by atoms with E-state index < -0.39 is 24.5 Å². The lowest BCUT2D eigenvalue weighted by Crippen LogP contribution is -2.43. The van der Waals surface area contributed by atoms with Crippen LogP contribution in [0.25, 0.3) is 0 Å². The van der Waals surface area contributed by atoms with Crippen LogP contribution in [-0.4, -0.2) is 34.7 Å². The number of carbonyl (C=O) groups is 2. The third-order valence-electron chi connectivity index (χ3n) is 1.91. The lowest BCUT2D eigenvalue weighted by molar-refractivity contribution is -0.140. The number of hydrogen-bond acceptors (Lipinski definition) is 3. The van der Waals surface area contributed by atoms with Gasteiger partial charge >= 0.3 is 5.97 Å². The molecule has 1 aromatic rings. The number of halogens is 2. The van der Waals surface area contributed by atoms with Crippen LogP contribution in [0, 0.1) is 0 Å². The molecule has 0 bridgehead atoms. The van der Waals surface area contributed by atoms with Crippen molar-refractivity contribution in [3.8, 4) is 0 Å². The number of rotatable bonds is 4. The molecule has 0 saturated carbocycles. The number of carboxylic acids is 1. The first kappa shape index (κ1) is 14.1. The van der Waals surface area contributed by atoms with E-state index in [9.17, 15) is 9.59 Å². The van der Waals surface area contributed by atoms with Gasteiger partial charge in [-0.1, -0.05) is 31.9 Å². The van der Waals surface area contributed by atoms with Crippen LogP contribution >= 0.6 is 31.9 Å². The smallest absolute Gasteiger partial charge is 0.328 e. The predicted molar refractivity (Wildman–Crippen MR) is 67.8 cm³/mol. The zero-order valence-corrected chi connectivity index (χ0v) is 11.7. The molecule has 1 rings (SSSR count). The molecule has 0 spiro atoms. The minimum atomic E-state index is -1.31. The van der Waals surface area contributed by atoms with E-state index in [1.54, 1.807) is 18.2 Å². The van der Waals surface area contributed by atoms with Crippen LogP contribution in [0.3, 0.4) is 0 Å². The van der Waals surface area contributed by atoms with Gasteiger partial charge in [-0.15, -0.1) is 0 Å². The maximum atomic E-state index is 11.7. The number of benzene rings is 1. The standard InChI is InChI=1S/C10H9Br2NO4/c11-6-1-5(2-7(12)3-6)9(15)13-8(4-14)10(16)17/h1-3,8,14H,4H2,(H,13,15)(H,16,17). The molecule has 0 aromatic heterocycles. The molecule has 7 heteroatoms. The second kappa shape index (κ2) is 6.13. The molecule has 0 saturated heterocycles. The fraction of sp³-hybridized carbons (Fsp3) is 0.200. The number of amides is 1. The summed E-state index contributed by atoms with van der Waals surface area (Å²) in [5.41, 5.74) is 0.297. The zero-order valence-electron chi connectivity index (χ0n) is 8.48. The molecule has 5 nitrogen and oxygen atoms in total. The van der Waals surface area contributed by atoms with Crippen molar-refractivity contribution in [2.24, 2.45) is 0 Å². The van der Waals surface area contributed by atoms with Gasteiger partial charge in [0.05, 0.1) is 6.61 Å². The second-order valence-corrected chi connectivity index (χ2v) is 5.04. The van der Waals surface area contributed by atoms with E-state index in [1.165, 1.54) is 0 Å². The summed E-state index contributed by atoms with van der Waals surface area (Å²) in [6.45, 7) is -0.657. The van der Waals surface area contributed by atoms with Gasteiger partial charge in [-0.3, -0.25) is 4.79 Å². The topological polar surface area (TPSA) is 86.6 Å². The average molecular weight is 367 g/mol. The van der Waals surface area contributed by atoms with Crippen molar-refractivity contribution in [3.05, 3.63) is 32.7 Å². The molecule has 0 aliphatic rings. The van der Waals surface area contributed by atoms with E-state index in [2.05, 4.69) is 37.2 Å². The molecule has 0 fully saturated rings. The summed E-state index contributed by atoms with van der Waals surface area (Å²) >= 11 is 6.44. The molecule has 3 N–H and O–H groups in total. The fourth-order valence-electron chi connectivity index (χ4n) is 1.11. The molecule has 0 radical (unpaired) electrons. The first-order chi connectivity index (χ1) is 7.93. The second-order valence-electron chi connectivity index (χ2n) is 3.20. The van der Waals surface area contributed by atoms with Crippen molar-refractivity contribution in [1.82, 2.24) is 5.32 Å². The van der Waals surface area contributed by atoms with Gasteiger partial charge in [-0.05, 0) is 18.2 Å². The van der Waals surface area contributed by atoms with Gasteiger partial charge < -0.3 is 15.5 Å². The Hall–Kier alpha value is -0.920. The Labute approximate surface area is 114 Å². The van der Waals surface area contributed by atoms with E-state index in [4.69, 9.17) is 10.2 Å². The minimum absolute atomic E-state index is 0.297. The lowest BCUT2D eigenvalue weighted by atomic mass is 10.2. The molecular weight excluding hydrogens is 358 g/mol. The zero-order chi connectivity index (χ0) is 13.0. The Kier molecular flexibility index (Phi) is 5.10. The van der Waals surface area contributed by atoms with E-state index >= 15 is 0 Å². The SMILES string of the molecule is O=C(NC(CO)C(=O)O)c1cc(Br)cc(Br)c1. The maximum Gasteiger partial charge on any atom is 0.328 e. The quantitative estimate of drug-likeness (QED) is 0.751. The molecule has 0 aliphatic carbocycles. The largest absolute Gasteiger partial charge is 0.480 e. The van der Waals surface area contributed by atoms with Gasteiger partial charge in [0.25, 0.3) is 5.91 Å². The number of carboxylic acid groups (broad SMARTS) is 1. The molecule has 92 valence electrons. The highest BCUT2D eigenvalue weighted by Gasteiger charge is 2.19. The summed E-state index contributed by atoms with van der Waals surface area (Å²) < 4.78 is 1.38. The summed E-state index contributed by atoms with van der Waals surface area (Å²) in [5, 5.41) is 19.7. The van der Waals surface area contributed by atoms with Crippen LogP contribution in [0.4, 0.5) is 0 Å². The van der Waals surface area contributed by atoms with Crippen molar-refractivity contribution < 1.29 is 19.8 Å². The number of carbonyl (C=O) groups excluding carboxylic acids is 1. The molecule has 0 aliphatic heterocycles. The molecular formula is C10H9Br2NO4. The third-order valence-corrected chi connectivity index (χ3v) is 2.83. The molecule has 1 amide bonds. The highest BCUT2D eigenvalue weighted by molar-refractivity contribution is 9.11. The number of aliphatic hydroxyl groups excluding tert-OH is 1. The van der Waals surface area contributed by atoms with Crippen molar-refractivity contribution in [3.63, 3.8) is 0 Å². The predicted octanol–water partition coefficient (Wildman–Crippen LogP) is 1.39. The fourth-order valence-corrected chi connectivity index (χ4v) is 2.41. The summed E-state index contributed by atoms with van der Waals surface area (Å²) in [5.74, 6) is -1.84. The number of aliphatic carboxylic acids is 1. The van der Waals surface area contributed by atoms with Crippen LogP contribution in [0.5, 0.6) is 0 Å². The first-order valence-electron chi connectivity index (χ1n) is 4.54. The first-order valence-corrected chi connectivity index (χ1v) is 6.13. The van der Waals surface area contributed by atoms with Gasteiger partial charge in [-0.2, -0.15) is 0 Å². The Bertz CT molecular complexity index is 430. The van der Waals surface area contributed by atoms with Gasteiger partial charge in [0, 0.05) is 14.5 Å². The molecule has 1 atom stereocenters. The van der Waals surface area contributed by atoms with E-state index in [1.807, 2.05) is 0 Å². The van der Waals surface area contributed by atoms with E-state index in [0.29, 0.717) is 14.5 Å². The minimum Gasteiger partial charge on any atom is -0.480 e. The Balaban J connectivity index is 2.86. The summed E-state index contributed by atoms with van der Waals surface area (Å²) in [6.07, 6.45) is 0. The Morgan fingerprint density at radius 3 is 2.18 bits per heavy atom. The maximum absolute atomic E-state index is 11.7. The van der Waals surface area contributed by atoms with Crippen LogP contribution in [-0.2, 0) is 4.79 Å². The summed E-state index contributed by atoms with van der Waals surface area (Å²) in [7, 11) is 0. The Morgan fingerprint density at radius 1 is 1.24 bits per heavy atom. The van der Waals surface area contributed by atoms with Gasteiger partial charge in [-0.25, -0.2) is 4.79 Å². The molecule has 0 heterocycles. The molecule has 17 heavy (non-hydrogen) atoms. The van der Waals surface area contributed by atoms with Crippen molar-refractivity contribution in [2.75, 3.05) is 6.61 Å². The van der Waals surface area contributed by atoms with Gasteiger partial charge in [0.1, 0.15) is 0 Å². The molecule has 1 aromatic carbocycles. The van der Waals surface area contributed by atoms with Crippen LogP contribution in [0.2, 0.25) is 0 Å². The van der Waals surface area contributed by atoms with Crippen LogP contribution in [0.1, 0.15) is 10.4 Å². The number of aliphatic hydroxyl groups is 1. The van der Waals surface area contributed by atoms with E-state index in [0.717, 1.165) is 0 Å². The number of hydrogen-bond donors (Lipinski definition) is 3. The lowest BCUT2D eigenvalue weighted by Gasteiger charge is -2.11. The monoisotopic (exact) mass is 365 g/mol. The highest BCUT2D eigenvalue weighted by Crippen LogP contribution is 2.20. The Morgan fingerprint density at radius 2 is 1.76 bits per heavy atom. The number of nitrogens with one attached hydrogen (secondary N) is 1. The normalized spacial score (nSPS) is 11.9. The summed E-state index contributed by atoms with van der Waals surface area (Å²) in [6, 6.07) is 3.55. The van der Waals surface area contributed by atoms with Crippen molar-refractivity contribution in [2.45, 2.75) is 6.04 Å². The van der Waals surface area contributed by atoms with Crippen molar-refractivity contribution >= 4 is 43.7 Å². The van der Waals surface area contributed by atoms with Crippen LogP contribution < -0.4 is 5.32 Å². The van der Waals surface area contributed by atoms with Crippen molar-refractivity contribution in [1.29, 1.82) is 0 Å². The third kappa shape index (κ3) is 4.10. The van der Waals surface area contributed by atoms with Gasteiger partial charge in [0.15, 0.2) is 6.04 Å². The molecule has 1 unspecified atom stereocenters.